The van der Waals surface area contributed by atoms with Gasteiger partial charge in [-0.1, -0.05) is 0 Å². The van der Waals surface area contributed by atoms with Gasteiger partial charge in [-0.05, 0) is 18.9 Å². The highest BCUT2D eigenvalue weighted by molar-refractivity contribution is 5.71. The maximum absolute atomic E-state index is 11.0. The highest BCUT2D eigenvalue weighted by Gasteiger charge is 2.27. The zero-order chi connectivity index (χ0) is 12.7. The number of rotatable bonds is 2. The lowest BCUT2D eigenvalue weighted by Gasteiger charge is -2.16. The van der Waals surface area contributed by atoms with Crippen molar-refractivity contribution in [1.82, 2.24) is 19.7 Å². The average Bonchev–Trinajstić information content (AvgIpc) is 2.92. The van der Waals surface area contributed by atoms with Crippen molar-refractivity contribution in [2.24, 2.45) is 13.0 Å². The van der Waals surface area contributed by atoms with Crippen LogP contribution in [0.1, 0.15) is 17.8 Å². The third-order valence-corrected chi connectivity index (χ3v) is 3.46. The van der Waals surface area contributed by atoms with E-state index in [0.717, 1.165) is 29.3 Å². The van der Waals surface area contributed by atoms with Crippen molar-refractivity contribution in [3.63, 3.8) is 0 Å². The fourth-order valence-corrected chi connectivity index (χ4v) is 2.42. The van der Waals surface area contributed by atoms with Crippen LogP contribution in [0.3, 0.4) is 0 Å². The van der Waals surface area contributed by atoms with E-state index >= 15 is 0 Å². The minimum absolute atomic E-state index is 0.294. The van der Waals surface area contributed by atoms with Gasteiger partial charge in [0, 0.05) is 25.4 Å². The van der Waals surface area contributed by atoms with E-state index in [4.69, 9.17) is 5.11 Å². The summed E-state index contributed by atoms with van der Waals surface area (Å²) in [4.78, 5) is 18.8. The van der Waals surface area contributed by atoms with E-state index in [1.807, 2.05) is 13.1 Å². The number of nitrogens with one attached hydrogen (secondary N) is 1. The summed E-state index contributed by atoms with van der Waals surface area (Å²) in [5, 5.41) is 13.2. The predicted molar refractivity (Wildman–Crippen MR) is 63.9 cm³/mol. The molecule has 0 fully saturated rings. The van der Waals surface area contributed by atoms with Crippen LogP contribution in [0, 0.1) is 5.92 Å². The third kappa shape index (κ3) is 1.70. The lowest BCUT2D eigenvalue weighted by Crippen LogP contribution is -2.22. The van der Waals surface area contributed by atoms with Crippen LogP contribution < -0.4 is 0 Å². The highest BCUT2D eigenvalue weighted by Crippen LogP contribution is 2.26. The van der Waals surface area contributed by atoms with Gasteiger partial charge in [-0.25, -0.2) is 4.98 Å². The maximum Gasteiger partial charge on any atom is 0.306 e. The Labute approximate surface area is 104 Å². The van der Waals surface area contributed by atoms with Gasteiger partial charge in [0.1, 0.15) is 5.69 Å². The van der Waals surface area contributed by atoms with Crippen molar-refractivity contribution in [2.75, 3.05) is 0 Å². The standard InChI is InChI=1S/C12H14N4O2/c1-16-10(4-5-13-16)11-14-8-3-2-7(12(17)18)6-9(8)15-11/h4-5,7H,2-3,6H2,1H3,(H,14,15)(H,17,18). The number of carboxylic acid groups (broad SMARTS) is 1. The quantitative estimate of drug-likeness (QED) is 0.828. The number of H-pyrrole nitrogens is 1. The Balaban J connectivity index is 1.94. The molecule has 2 N–H and O–H groups in total. The van der Waals surface area contributed by atoms with Crippen molar-refractivity contribution in [1.29, 1.82) is 0 Å². The van der Waals surface area contributed by atoms with Crippen LogP contribution in [0.2, 0.25) is 0 Å². The Morgan fingerprint density at radius 1 is 1.61 bits per heavy atom. The molecule has 2 aromatic heterocycles. The number of imidazole rings is 1. The van der Waals surface area contributed by atoms with E-state index in [2.05, 4.69) is 15.1 Å². The first kappa shape index (κ1) is 11.0. The van der Waals surface area contributed by atoms with E-state index < -0.39 is 5.97 Å². The molecule has 0 spiro atoms. The van der Waals surface area contributed by atoms with Gasteiger partial charge in [-0.2, -0.15) is 5.10 Å². The van der Waals surface area contributed by atoms with Gasteiger partial charge in [0.2, 0.25) is 0 Å². The van der Waals surface area contributed by atoms with E-state index in [9.17, 15) is 4.79 Å². The smallest absolute Gasteiger partial charge is 0.306 e. The molecule has 94 valence electrons. The summed E-state index contributed by atoms with van der Waals surface area (Å²) in [6, 6.07) is 1.89. The molecule has 1 aliphatic carbocycles. The second-order valence-corrected chi connectivity index (χ2v) is 4.63. The molecule has 0 bridgehead atoms. The second-order valence-electron chi connectivity index (χ2n) is 4.63. The van der Waals surface area contributed by atoms with Gasteiger partial charge in [0.25, 0.3) is 0 Å². The molecule has 1 unspecified atom stereocenters. The number of fused-ring (bicyclic) bond motifs is 1. The fourth-order valence-electron chi connectivity index (χ4n) is 2.42. The minimum atomic E-state index is -0.725. The van der Waals surface area contributed by atoms with Crippen molar-refractivity contribution in [3.05, 3.63) is 23.7 Å². The fraction of sp³-hybridized carbons (Fsp3) is 0.417. The summed E-state index contributed by atoms with van der Waals surface area (Å²) in [5.41, 5.74) is 2.85. The number of aromatic nitrogens is 4. The van der Waals surface area contributed by atoms with Gasteiger partial charge in [-0.3, -0.25) is 9.48 Å². The lowest BCUT2D eigenvalue weighted by molar-refractivity contribution is -0.142. The maximum atomic E-state index is 11.0. The Hall–Kier alpha value is -2.11. The molecule has 0 aromatic carbocycles. The first-order valence-corrected chi connectivity index (χ1v) is 5.94. The number of aromatic amines is 1. The Kier molecular flexibility index (Phi) is 2.43. The van der Waals surface area contributed by atoms with E-state index in [0.29, 0.717) is 12.8 Å². The molecule has 0 radical (unpaired) electrons. The van der Waals surface area contributed by atoms with Gasteiger partial charge in [0.05, 0.1) is 11.6 Å². The second kappa shape index (κ2) is 3.97. The Morgan fingerprint density at radius 3 is 3.11 bits per heavy atom. The number of hydrogen-bond donors (Lipinski definition) is 2. The van der Waals surface area contributed by atoms with E-state index in [1.54, 1.807) is 10.9 Å². The van der Waals surface area contributed by atoms with Gasteiger partial charge in [-0.15, -0.1) is 0 Å². The van der Waals surface area contributed by atoms with Gasteiger partial charge >= 0.3 is 5.97 Å². The summed E-state index contributed by atoms with van der Waals surface area (Å²) in [7, 11) is 1.86. The topological polar surface area (TPSA) is 83.8 Å². The summed E-state index contributed by atoms with van der Waals surface area (Å²) in [5.74, 6) is -0.249. The summed E-state index contributed by atoms with van der Waals surface area (Å²) >= 11 is 0. The number of hydrogen-bond acceptors (Lipinski definition) is 3. The molecule has 18 heavy (non-hydrogen) atoms. The molecule has 2 heterocycles. The van der Waals surface area contributed by atoms with E-state index in [-0.39, 0.29) is 5.92 Å². The van der Waals surface area contributed by atoms with Crippen molar-refractivity contribution >= 4 is 5.97 Å². The minimum Gasteiger partial charge on any atom is -0.481 e. The highest BCUT2D eigenvalue weighted by atomic mass is 16.4. The molecule has 0 aliphatic heterocycles. The molecule has 6 nitrogen and oxygen atoms in total. The van der Waals surface area contributed by atoms with Crippen molar-refractivity contribution < 1.29 is 9.90 Å². The SMILES string of the molecule is Cn1nccc1-c1nc2c([nH]1)CC(C(=O)O)CC2. The molecule has 0 amide bonds. The predicted octanol–water partition coefficient (Wildman–Crippen LogP) is 1.000. The molecule has 1 aliphatic rings. The summed E-state index contributed by atoms with van der Waals surface area (Å²) in [6.07, 6.45) is 3.64. The van der Waals surface area contributed by atoms with Gasteiger partial charge in [0.15, 0.2) is 5.82 Å². The van der Waals surface area contributed by atoms with Crippen LogP contribution in [0.15, 0.2) is 12.3 Å². The first-order valence-electron chi connectivity index (χ1n) is 5.94. The first-order chi connectivity index (χ1) is 8.65. The number of nitrogens with zero attached hydrogens (tertiary/aromatic N) is 3. The molecular weight excluding hydrogens is 232 g/mol. The zero-order valence-corrected chi connectivity index (χ0v) is 10.1. The largest absolute Gasteiger partial charge is 0.481 e. The number of aliphatic carboxylic acids is 1. The average molecular weight is 246 g/mol. The van der Waals surface area contributed by atoms with Crippen LogP contribution in [-0.4, -0.2) is 30.8 Å². The van der Waals surface area contributed by atoms with Crippen molar-refractivity contribution in [2.45, 2.75) is 19.3 Å². The molecule has 1 atom stereocenters. The van der Waals surface area contributed by atoms with Crippen LogP contribution in [0.5, 0.6) is 0 Å². The number of aryl methyl sites for hydroxylation is 2. The number of carbonyl (C=O) groups is 1. The molecule has 3 rings (SSSR count). The Morgan fingerprint density at radius 2 is 2.44 bits per heavy atom. The zero-order valence-electron chi connectivity index (χ0n) is 10.1. The molecule has 0 saturated heterocycles. The van der Waals surface area contributed by atoms with Crippen LogP contribution in [0.25, 0.3) is 11.5 Å². The van der Waals surface area contributed by atoms with E-state index in [1.165, 1.54) is 0 Å². The third-order valence-electron chi connectivity index (χ3n) is 3.46. The number of carboxylic acids is 1. The normalized spacial score (nSPS) is 18.6. The van der Waals surface area contributed by atoms with Gasteiger partial charge < -0.3 is 10.1 Å². The molecule has 2 aromatic rings. The van der Waals surface area contributed by atoms with Crippen LogP contribution in [-0.2, 0) is 24.7 Å². The Bertz CT molecular complexity index is 599. The molecule has 6 heteroatoms. The lowest BCUT2D eigenvalue weighted by atomic mass is 9.90. The molecule has 0 saturated carbocycles. The summed E-state index contributed by atoms with van der Waals surface area (Å²) in [6.45, 7) is 0. The monoisotopic (exact) mass is 246 g/mol. The van der Waals surface area contributed by atoms with Crippen molar-refractivity contribution in [3.8, 4) is 11.5 Å². The van der Waals surface area contributed by atoms with Crippen LogP contribution in [0.4, 0.5) is 0 Å². The summed E-state index contributed by atoms with van der Waals surface area (Å²) < 4.78 is 1.75. The van der Waals surface area contributed by atoms with Crippen LogP contribution >= 0.6 is 0 Å². The molecular formula is C12H14N4O2.